The summed E-state index contributed by atoms with van der Waals surface area (Å²) in [4.78, 5) is 42.2. The molecule has 1 heterocycles. The van der Waals surface area contributed by atoms with Crippen LogP contribution >= 0.6 is 0 Å². The highest BCUT2D eigenvalue weighted by atomic mass is 16.6. The molecule has 2 amide bonds. The van der Waals surface area contributed by atoms with Gasteiger partial charge in [0.1, 0.15) is 6.61 Å². The highest BCUT2D eigenvalue weighted by Crippen LogP contribution is 2.19. The average molecular weight is 654 g/mol. The van der Waals surface area contributed by atoms with Gasteiger partial charge in [-0.15, -0.1) is 0 Å². The van der Waals surface area contributed by atoms with Crippen LogP contribution in [-0.2, 0) is 30.3 Å². The number of hydrogen-bond donors (Lipinski definition) is 2. The number of hydrogen-bond acceptors (Lipinski definition) is 6. The van der Waals surface area contributed by atoms with Gasteiger partial charge >= 0.3 is 5.97 Å². The van der Waals surface area contributed by atoms with Crippen molar-refractivity contribution in [3.63, 3.8) is 0 Å². The van der Waals surface area contributed by atoms with Gasteiger partial charge in [-0.3, -0.25) is 9.59 Å². The lowest BCUT2D eigenvalue weighted by Crippen LogP contribution is -2.51. The lowest BCUT2D eigenvalue weighted by atomic mass is 9.97. The molecule has 2 N–H and O–H groups in total. The van der Waals surface area contributed by atoms with Crippen LogP contribution in [0.5, 0.6) is 0 Å². The molecule has 0 saturated carbocycles. The third-order valence-electron chi connectivity index (χ3n) is 9.21. The van der Waals surface area contributed by atoms with Gasteiger partial charge in [-0.1, -0.05) is 108 Å². The molecule has 2 aromatic carbocycles. The van der Waals surface area contributed by atoms with E-state index in [0.29, 0.717) is 25.6 Å². The summed E-state index contributed by atoms with van der Waals surface area (Å²) in [5.41, 5.74) is 1.29. The fourth-order valence-electron chi connectivity index (χ4n) is 6.10. The SMILES string of the molecule is CCCCCC(C)CCCCCOC(C(=O)NCCCCCc1ccc2ccccc2c1)C(OCC(=O)N1CCN(C)CC1)C(=O)O. The molecule has 0 bridgehead atoms. The summed E-state index contributed by atoms with van der Waals surface area (Å²) in [7, 11) is 2.00. The number of fused-ring (bicyclic) bond motifs is 1. The molecule has 2 aromatic rings. The second-order valence-electron chi connectivity index (χ2n) is 13.3. The maximum Gasteiger partial charge on any atom is 0.336 e. The monoisotopic (exact) mass is 653 g/mol. The molecule has 3 atom stereocenters. The van der Waals surface area contributed by atoms with Crippen molar-refractivity contribution in [2.45, 2.75) is 103 Å². The van der Waals surface area contributed by atoms with Crippen molar-refractivity contribution in [1.82, 2.24) is 15.1 Å². The number of ether oxygens (including phenoxy) is 2. The summed E-state index contributed by atoms with van der Waals surface area (Å²) < 4.78 is 11.5. The van der Waals surface area contributed by atoms with Crippen LogP contribution in [0.1, 0.15) is 90.0 Å². The first kappa shape index (κ1) is 38.4. The van der Waals surface area contributed by atoms with Gasteiger partial charge in [0.25, 0.3) is 5.91 Å². The molecule has 3 rings (SSSR count). The van der Waals surface area contributed by atoms with E-state index in [1.165, 1.54) is 42.0 Å². The van der Waals surface area contributed by atoms with Crippen LogP contribution in [-0.4, -0.2) is 97.9 Å². The second kappa shape index (κ2) is 21.8. The van der Waals surface area contributed by atoms with Crippen LogP contribution in [0, 0.1) is 5.92 Å². The molecule has 0 spiro atoms. The van der Waals surface area contributed by atoms with Crippen LogP contribution in [0.15, 0.2) is 42.5 Å². The standard InChI is InChI=1S/C38H59N3O6/c1-4-5-8-15-30(2)16-9-7-14-27-46-35(36(38(44)45)47-29-34(42)41-25-23-40(3)24-26-41)37(43)39-22-13-6-10-17-31-20-21-32-18-11-12-19-33(32)28-31/h11-12,18-21,28,30,35-36H,4-10,13-17,22-27,29H2,1-3H3,(H,39,43)(H,44,45). The maximum atomic E-state index is 13.3. The Bertz CT molecular complexity index is 1210. The molecule has 9 nitrogen and oxygen atoms in total. The van der Waals surface area contributed by atoms with Gasteiger partial charge in [-0.2, -0.15) is 0 Å². The van der Waals surface area contributed by atoms with Gasteiger partial charge in [-0.25, -0.2) is 4.79 Å². The predicted octanol–water partition coefficient (Wildman–Crippen LogP) is 6.07. The number of amides is 2. The van der Waals surface area contributed by atoms with E-state index < -0.39 is 30.7 Å². The first-order valence-electron chi connectivity index (χ1n) is 18.0. The Morgan fingerprint density at radius 1 is 0.830 bits per heavy atom. The van der Waals surface area contributed by atoms with Crippen molar-refractivity contribution in [2.75, 3.05) is 53.0 Å². The first-order valence-corrected chi connectivity index (χ1v) is 18.0. The smallest absolute Gasteiger partial charge is 0.336 e. The largest absolute Gasteiger partial charge is 0.479 e. The van der Waals surface area contributed by atoms with Crippen LogP contribution in [0.25, 0.3) is 10.8 Å². The van der Waals surface area contributed by atoms with E-state index in [1.54, 1.807) is 4.90 Å². The number of unbranched alkanes of at least 4 members (excludes halogenated alkanes) is 6. The van der Waals surface area contributed by atoms with E-state index in [2.05, 4.69) is 54.4 Å². The van der Waals surface area contributed by atoms with Crippen LogP contribution in [0.3, 0.4) is 0 Å². The normalized spacial score (nSPS) is 15.8. The molecular formula is C38H59N3O6. The quantitative estimate of drug-likeness (QED) is 0.140. The van der Waals surface area contributed by atoms with Crippen molar-refractivity contribution in [2.24, 2.45) is 5.92 Å². The molecule has 0 radical (unpaired) electrons. The number of carbonyl (C=O) groups is 3. The van der Waals surface area contributed by atoms with E-state index >= 15 is 0 Å². The van der Waals surface area contributed by atoms with Crippen LogP contribution in [0.4, 0.5) is 0 Å². The predicted molar refractivity (Wildman–Crippen MR) is 187 cm³/mol. The van der Waals surface area contributed by atoms with Gasteiger partial charge in [0.2, 0.25) is 5.91 Å². The zero-order valence-electron chi connectivity index (χ0n) is 29.1. The van der Waals surface area contributed by atoms with Gasteiger partial charge in [-0.05, 0) is 55.0 Å². The Balaban J connectivity index is 1.47. The van der Waals surface area contributed by atoms with Gasteiger partial charge < -0.3 is 29.7 Å². The van der Waals surface area contributed by atoms with E-state index in [4.69, 9.17) is 9.47 Å². The number of aliphatic carboxylic acids is 1. The number of carboxylic acid groups (broad SMARTS) is 1. The highest BCUT2D eigenvalue weighted by Gasteiger charge is 2.36. The Labute approximate surface area is 282 Å². The lowest BCUT2D eigenvalue weighted by Gasteiger charge is -2.32. The van der Waals surface area contributed by atoms with E-state index in [-0.39, 0.29) is 12.5 Å². The molecule has 47 heavy (non-hydrogen) atoms. The number of rotatable bonds is 23. The molecule has 1 saturated heterocycles. The molecule has 1 aliphatic heterocycles. The zero-order valence-corrected chi connectivity index (χ0v) is 29.1. The average Bonchev–Trinajstić information content (AvgIpc) is 3.06. The van der Waals surface area contributed by atoms with Crippen molar-refractivity contribution in [1.29, 1.82) is 0 Å². The molecule has 3 unspecified atom stereocenters. The summed E-state index contributed by atoms with van der Waals surface area (Å²) in [5, 5.41) is 15.4. The maximum absolute atomic E-state index is 13.3. The van der Waals surface area contributed by atoms with Crippen molar-refractivity contribution < 1.29 is 29.0 Å². The fraction of sp³-hybridized carbons (Fsp3) is 0.658. The Morgan fingerprint density at radius 2 is 1.53 bits per heavy atom. The van der Waals surface area contributed by atoms with E-state index in [9.17, 15) is 19.5 Å². The zero-order chi connectivity index (χ0) is 33.9. The third kappa shape index (κ3) is 14.3. The summed E-state index contributed by atoms with van der Waals surface area (Å²) >= 11 is 0. The number of carbonyl (C=O) groups excluding carboxylic acids is 2. The van der Waals surface area contributed by atoms with Crippen LogP contribution in [0.2, 0.25) is 0 Å². The summed E-state index contributed by atoms with van der Waals surface area (Å²) in [5.74, 6) is -1.41. The van der Waals surface area contributed by atoms with Gasteiger partial charge in [0.05, 0.1) is 0 Å². The number of carboxylic acids is 1. The van der Waals surface area contributed by atoms with Crippen LogP contribution < -0.4 is 5.32 Å². The molecule has 9 heteroatoms. The number of nitrogens with one attached hydrogen (secondary N) is 1. The van der Waals surface area contributed by atoms with Crippen molar-refractivity contribution in [3.05, 3.63) is 48.0 Å². The fourth-order valence-corrected chi connectivity index (χ4v) is 6.10. The van der Waals surface area contributed by atoms with E-state index in [0.717, 1.165) is 64.5 Å². The van der Waals surface area contributed by atoms with Gasteiger partial charge in [0.15, 0.2) is 12.2 Å². The third-order valence-corrected chi connectivity index (χ3v) is 9.21. The minimum absolute atomic E-state index is 0.258. The summed E-state index contributed by atoms with van der Waals surface area (Å²) in [6.45, 7) is 7.42. The summed E-state index contributed by atoms with van der Waals surface area (Å²) in [6.07, 6.45) is 9.67. The summed E-state index contributed by atoms with van der Waals surface area (Å²) in [6, 6.07) is 14.9. The minimum atomic E-state index is -1.57. The number of benzene rings is 2. The number of likely N-dealkylation sites (N-methyl/N-ethyl adjacent to an activating group) is 1. The molecule has 1 fully saturated rings. The lowest BCUT2D eigenvalue weighted by molar-refractivity contribution is -0.171. The topological polar surface area (TPSA) is 108 Å². The molecular weight excluding hydrogens is 594 g/mol. The first-order chi connectivity index (χ1) is 22.8. The van der Waals surface area contributed by atoms with Crippen molar-refractivity contribution in [3.8, 4) is 0 Å². The number of nitrogens with zero attached hydrogens (tertiary/aromatic N) is 2. The number of piperazine rings is 1. The molecule has 1 aliphatic rings. The Morgan fingerprint density at radius 3 is 2.26 bits per heavy atom. The molecule has 0 aliphatic carbocycles. The molecule has 262 valence electrons. The van der Waals surface area contributed by atoms with E-state index in [1.807, 2.05) is 19.2 Å². The Kier molecular flexibility index (Phi) is 17.8. The highest BCUT2D eigenvalue weighted by molar-refractivity contribution is 5.88. The Hall–Kier alpha value is -3.01. The number of aryl methyl sites for hydroxylation is 1. The van der Waals surface area contributed by atoms with Crippen molar-refractivity contribution >= 4 is 28.6 Å². The minimum Gasteiger partial charge on any atom is -0.479 e. The van der Waals surface area contributed by atoms with Gasteiger partial charge in [0, 0.05) is 39.3 Å². The molecule has 0 aromatic heterocycles. The second-order valence-corrected chi connectivity index (χ2v) is 13.3.